The fourth-order valence-electron chi connectivity index (χ4n) is 5.86. The lowest BCUT2D eigenvalue weighted by atomic mass is 9.71. The molecule has 2 aliphatic rings. The highest BCUT2D eigenvalue weighted by Crippen LogP contribution is 2.43. The maximum Gasteiger partial charge on any atom is 0.222 e. The van der Waals surface area contributed by atoms with Crippen molar-refractivity contribution < 1.29 is 9.59 Å². The van der Waals surface area contributed by atoms with E-state index >= 15 is 0 Å². The van der Waals surface area contributed by atoms with Crippen LogP contribution in [-0.4, -0.2) is 47.7 Å². The second kappa shape index (κ2) is 12.5. The molecule has 0 N–H and O–H groups in total. The van der Waals surface area contributed by atoms with Crippen molar-refractivity contribution in [3.63, 3.8) is 0 Å². The quantitative estimate of drug-likeness (QED) is 0.334. The Morgan fingerprint density at radius 3 is 1.83 bits per heavy atom. The zero-order valence-electron chi connectivity index (χ0n) is 21.5. The lowest BCUT2D eigenvalue weighted by molar-refractivity contribution is -0.147. The first-order valence-corrected chi connectivity index (χ1v) is 13.7. The standard InChI is InChI=1S/C31H42N2O2/c1-2-28(34)18-12-4-3-5-13-19-29(35)33-24-31(25-33)20-22-32(23-21-31)30(26-14-8-6-9-15-26)27-16-10-7-11-17-27/h6-11,14-17,30H,2-5,12-13,18-25H2,1H3. The van der Waals surface area contributed by atoms with Crippen molar-refractivity contribution in [1.29, 1.82) is 0 Å². The van der Waals surface area contributed by atoms with E-state index in [2.05, 4.69) is 70.5 Å². The van der Waals surface area contributed by atoms with Gasteiger partial charge in [-0.25, -0.2) is 0 Å². The van der Waals surface area contributed by atoms with Gasteiger partial charge >= 0.3 is 0 Å². The van der Waals surface area contributed by atoms with Crippen LogP contribution in [0.2, 0.25) is 0 Å². The Hall–Kier alpha value is -2.46. The molecule has 2 heterocycles. The second-order valence-corrected chi connectivity index (χ2v) is 10.7. The summed E-state index contributed by atoms with van der Waals surface area (Å²) in [5, 5.41) is 0. The summed E-state index contributed by atoms with van der Waals surface area (Å²) < 4.78 is 0. The molecular weight excluding hydrogens is 432 g/mol. The van der Waals surface area contributed by atoms with Crippen LogP contribution in [0.25, 0.3) is 0 Å². The molecule has 0 unspecified atom stereocenters. The van der Waals surface area contributed by atoms with Crippen molar-refractivity contribution in [2.75, 3.05) is 26.2 Å². The predicted octanol–water partition coefficient (Wildman–Crippen LogP) is 6.41. The van der Waals surface area contributed by atoms with Gasteiger partial charge in [-0.15, -0.1) is 0 Å². The fourth-order valence-corrected chi connectivity index (χ4v) is 5.86. The highest BCUT2D eigenvalue weighted by atomic mass is 16.2. The molecule has 4 rings (SSSR count). The van der Waals surface area contributed by atoms with E-state index in [-0.39, 0.29) is 0 Å². The van der Waals surface area contributed by atoms with Crippen molar-refractivity contribution in [2.45, 2.75) is 77.2 Å². The Morgan fingerprint density at radius 1 is 0.771 bits per heavy atom. The molecule has 0 saturated carbocycles. The van der Waals surface area contributed by atoms with Crippen molar-refractivity contribution >= 4 is 11.7 Å². The van der Waals surface area contributed by atoms with E-state index in [1.165, 1.54) is 24.0 Å². The van der Waals surface area contributed by atoms with E-state index in [9.17, 15) is 9.59 Å². The van der Waals surface area contributed by atoms with Crippen molar-refractivity contribution in [2.24, 2.45) is 5.41 Å². The van der Waals surface area contributed by atoms with E-state index in [1.807, 2.05) is 6.92 Å². The van der Waals surface area contributed by atoms with Crippen LogP contribution in [0.15, 0.2) is 60.7 Å². The van der Waals surface area contributed by atoms with Crippen molar-refractivity contribution in [3.8, 4) is 0 Å². The number of carbonyl (C=O) groups is 2. The van der Waals surface area contributed by atoms with Gasteiger partial charge in [-0.05, 0) is 49.9 Å². The summed E-state index contributed by atoms with van der Waals surface area (Å²) in [5.41, 5.74) is 3.05. The lowest BCUT2D eigenvalue weighted by Gasteiger charge is -2.55. The molecule has 0 atom stereocenters. The highest BCUT2D eigenvalue weighted by molar-refractivity contribution is 5.78. The zero-order chi connectivity index (χ0) is 24.5. The third kappa shape index (κ3) is 6.82. The first kappa shape index (κ1) is 25.6. The van der Waals surface area contributed by atoms with Gasteiger partial charge in [-0.1, -0.05) is 86.8 Å². The van der Waals surface area contributed by atoms with Gasteiger partial charge in [0.15, 0.2) is 0 Å². The average molecular weight is 475 g/mol. The van der Waals surface area contributed by atoms with Crippen LogP contribution in [0, 0.1) is 5.41 Å². The highest BCUT2D eigenvalue weighted by Gasteiger charge is 2.47. The van der Waals surface area contributed by atoms with Gasteiger partial charge in [0.05, 0.1) is 6.04 Å². The Bertz CT molecular complexity index is 887. The number of piperidine rings is 1. The summed E-state index contributed by atoms with van der Waals surface area (Å²) >= 11 is 0. The first-order valence-electron chi connectivity index (χ1n) is 13.7. The Labute approximate surface area is 211 Å². The molecule has 2 fully saturated rings. The number of rotatable bonds is 12. The first-order chi connectivity index (χ1) is 17.1. The Morgan fingerprint density at radius 2 is 1.29 bits per heavy atom. The number of likely N-dealkylation sites (tertiary alicyclic amines) is 2. The van der Waals surface area contributed by atoms with Crippen LogP contribution in [-0.2, 0) is 9.59 Å². The van der Waals surface area contributed by atoms with Crippen LogP contribution in [0.3, 0.4) is 0 Å². The third-order valence-corrected chi connectivity index (χ3v) is 8.10. The minimum atomic E-state index is 0.299. The zero-order valence-corrected chi connectivity index (χ0v) is 21.5. The van der Waals surface area contributed by atoms with Crippen LogP contribution in [0.5, 0.6) is 0 Å². The maximum atomic E-state index is 12.7. The van der Waals surface area contributed by atoms with Crippen molar-refractivity contribution in [1.82, 2.24) is 9.80 Å². The number of ketones is 1. The number of unbranched alkanes of at least 4 members (excludes halogenated alkanes) is 4. The summed E-state index contributed by atoms with van der Waals surface area (Å²) in [5.74, 6) is 0.707. The minimum absolute atomic E-state index is 0.299. The van der Waals surface area contributed by atoms with E-state index in [4.69, 9.17) is 0 Å². The summed E-state index contributed by atoms with van der Waals surface area (Å²) in [7, 11) is 0. The average Bonchev–Trinajstić information content (AvgIpc) is 2.88. The normalized spacial score (nSPS) is 17.5. The minimum Gasteiger partial charge on any atom is -0.341 e. The summed E-state index contributed by atoms with van der Waals surface area (Å²) in [6, 6.07) is 22.0. The number of carbonyl (C=O) groups excluding carboxylic acids is 2. The van der Waals surface area contributed by atoms with Gasteiger partial charge in [0, 0.05) is 37.8 Å². The number of Topliss-reactive ketones (excluding diaryl/α,β-unsaturated/α-hetero) is 1. The molecule has 188 valence electrons. The molecule has 4 nitrogen and oxygen atoms in total. The van der Waals surface area contributed by atoms with E-state index < -0.39 is 0 Å². The summed E-state index contributed by atoms with van der Waals surface area (Å²) in [4.78, 5) is 28.8. The molecule has 2 saturated heterocycles. The molecular formula is C31H42N2O2. The van der Waals surface area contributed by atoms with Crippen LogP contribution in [0.1, 0.15) is 88.3 Å². The fraction of sp³-hybridized carbons (Fsp3) is 0.548. The monoisotopic (exact) mass is 474 g/mol. The van der Waals surface area contributed by atoms with E-state index in [0.29, 0.717) is 36.0 Å². The number of benzene rings is 2. The molecule has 2 aromatic rings. The van der Waals surface area contributed by atoms with Gasteiger partial charge in [-0.2, -0.15) is 0 Å². The van der Waals surface area contributed by atoms with Crippen LogP contribution < -0.4 is 0 Å². The molecule has 0 radical (unpaired) electrons. The van der Waals surface area contributed by atoms with Crippen LogP contribution >= 0.6 is 0 Å². The Balaban J connectivity index is 1.19. The van der Waals surface area contributed by atoms with Gasteiger partial charge < -0.3 is 4.90 Å². The topological polar surface area (TPSA) is 40.6 Å². The second-order valence-electron chi connectivity index (χ2n) is 10.7. The third-order valence-electron chi connectivity index (χ3n) is 8.10. The smallest absolute Gasteiger partial charge is 0.222 e. The molecule has 1 spiro atoms. The number of hydrogen-bond acceptors (Lipinski definition) is 3. The molecule has 4 heteroatoms. The van der Waals surface area contributed by atoms with Gasteiger partial charge in [0.1, 0.15) is 5.78 Å². The number of hydrogen-bond donors (Lipinski definition) is 0. The largest absolute Gasteiger partial charge is 0.341 e. The SMILES string of the molecule is CCC(=O)CCCCCCCC(=O)N1CC2(CCN(C(c3ccccc3)c3ccccc3)CC2)C1. The number of amides is 1. The summed E-state index contributed by atoms with van der Waals surface area (Å²) in [6.45, 7) is 5.98. The lowest BCUT2D eigenvalue weighted by Crippen LogP contribution is -2.62. The van der Waals surface area contributed by atoms with Crippen LogP contribution in [0.4, 0.5) is 0 Å². The molecule has 2 aliphatic heterocycles. The van der Waals surface area contributed by atoms with Gasteiger partial charge in [0.25, 0.3) is 0 Å². The van der Waals surface area contributed by atoms with Gasteiger partial charge in [-0.3, -0.25) is 14.5 Å². The molecule has 35 heavy (non-hydrogen) atoms. The Kier molecular flexibility index (Phi) is 9.14. The molecule has 0 aliphatic carbocycles. The molecule has 1 amide bonds. The van der Waals surface area contributed by atoms with Crippen molar-refractivity contribution in [3.05, 3.63) is 71.8 Å². The molecule has 2 aromatic carbocycles. The summed E-state index contributed by atoms with van der Waals surface area (Å²) in [6.07, 6.45) is 9.72. The predicted molar refractivity (Wildman–Crippen MR) is 142 cm³/mol. The molecule has 0 bridgehead atoms. The molecule has 0 aromatic heterocycles. The van der Waals surface area contributed by atoms with Gasteiger partial charge in [0.2, 0.25) is 5.91 Å². The van der Waals surface area contributed by atoms with E-state index in [0.717, 1.165) is 64.7 Å². The number of nitrogens with zero attached hydrogens (tertiary/aromatic N) is 2. The van der Waals surface area contributed by atoms with E-state index in [1.54, 1.807) is 0 Å². The maximum absolute atomic E-state index is 12.7.